The number of carbonyl (C=O) groups excluding carboxylic acids is 1. The van der Waals surface area contributed by atoms with Crippen LogP contribution < -0.4 is 5.32 Å². The van der Waals surface area contributed by atoms with E-state index in [9.17, 15) is 9.59 Å². The normalized spacial score (nSPS) is 21.2. The Morgan fingerprint density at radius 1 is 1.52 bits per heavy atom. The van der Waals surface area contributed by atoms with Crippen LogP contribution in [-0.2, 0) is 16.0 Å². The second-order valence-corrected chi connectivity index (χ2v) is 6.13. The second-order valence-electron chi connectivity index (χ2n) is 5.10. The maximum absolute atomic E-state index is 11.9. The highest BCUT2D eigenvalue weighted by molar-refractivity contribution is 7.09. The summed E-state index contributed by atoms with van der Waals surface area (Å²) in [5.41, 5.74) is 0. The number of amides is 2. The molecule has 2 N–H and O–H groups in total. The van der Waals surface area contributed by atoms with Crippen LogP contribution in [0.2, 0.25) is 0 Å². The van der Waals surface area contributed by atoms with Gasteiger partial charge in [0.1, 0.15) is 0 Å². The lowest BCUT2D eigenvalue weighted by atomic mass is 10.2. The van der Waals surface area contributed by atoms with Crippen molar-refractivity contribution >= 4 is 23.3 Å². The highest BCUT2D eigenvalue weighted by Gasteiger charge is 2.30. The van der Waals surface area contributed by atoms with Gasteiger partial charge in [0, 0.05) is 25.0 Å². The van der Waals surface area contributed by atoms with Crippen molar-refractivity contribution < 1.29 is 19.4 Å². The quantitative estimate of drug-likeness (QED) is 0.835. The van der Waals surface area contributed by atoms with Crippen molar-refractivity contribution in [2.45, 2.75) is 31.5 Å². The number of carboxylic acid groups (broad SMARTS) is 1. The van der Waals surface area contributed by atoms with Crippen LogP contribution in [0.25, 0.3) is 0 Å². The summed E-state index contributed by atoms with van der Waals surface area (Å²) >= 11 is 1.68. The number of carboxylic acids is 1. The van der Waals surface area contributed by atoms with E-state index in [0.29, 0.717) is 25.9 Å². The van der Waals surface area contributed by atoms with Gasteiger partial charge in [-0.2, -0.15) is 0 Å². The molecule has 116 valence electrons. The Hall–Kier alpha value is -1.60. The Labute approximate surface area is 127 Å². The lowest BCUT2D eigenvalue weighted by Crippen LogP contribution is -2.41. The number of carbonyl (C=O) groups is 2. The number of urea groups is 1. The molecule has 7 heteroatoms. The Kier molecular flexibility index (Phi) is 5.58. The molecule has 0 spiro atoms. The molecular formula is C14H20N2O4S. The average molecular weight is 312 g/mol. The summed E-state index contributed by atoms with van der Waals surface area (Å²) in [4.78, 5) is 25.6. The number of hydrogen-bond acceptors (Lipinski definition) is 4. The molecule has 1 aromatic heterocycles. The summed E-state index contributed by atoms with van der Waals surface area (Å²) in [6.07, 6.45) is 1.06. The molecule has 0 radical (unpaired) electrons. The maximum atomic E-state index is 11.9. The molecule has 1 fully saturated rings. The highest BCUT2D eigenvalue weighted by atomic mass is 32.1. The maximum Gasteiger partial charge on any atom is 0.332 e. The van der Waals surface area contributed by atoms with E-state index in [2.05, 4.69) is 11.4 Å². The number of nitrogens with zero attached hydrogens (tertiary/aromatic N) is 1. The highest BCUT2D eigenvalue weighted by Crippen LogP contribution is 2.19. The summed E-state index contributed by atoms with van der Waals surface area (Å²) < 4.78 is 5.34. The average Bonchev–Trinajstić information content (AvgIpc) is 3.13. The number of nitrogens with one attached hydrogen (secondary N) is 1. The topological polar surface area (TPSA) is 78.9 Å². The summed E-state index contributed by atoms with van der Waals surface area (Å²) in [5, 5.41) is 13.6. The van der Waals surface area contributed by atoms with E-state index in [1.807, 2.05) is 11.4 Å². The van der Waals surface area contributed by atoms with Gasteiger partial charge < -0.3 is 20.1 Å². The molecule has 2 rings (SSSR count). The number of likely N-dealkylation sites (N-methyl/N-ethyl adjacent to an activating group) is 1. The smallest absolute Gasteiger partial charge is 0.332 e. The molecule has 21 heavy (non-hydrogen) atoms. The van der Waals surface area contributed by atoms with Gasteiger partial charge in [-0.15, -0.1) is 11.3 Å². The van der Waals surface area contributed by atoms with E-state index < -0.39 is 12.1 Å². The fraction of sp³-hybridized carbons (Fsp3) is 0.571. The zero-order valence-corrected chi connectivity index (χ0v) is 12.8. The van der Waals surface area contributed by atoms with Gasteiger partial charge in [0.15, 0.2) is 6.10 Å². The van der Waals surface area contributed by atoms with Crippen LogP contribution in [-0.4, -0.2) is 54.4 Å². The van der Waals surface area contributed by atoms with Crippen LogP contribution in [0.15, 0.2) is 17.5 Å². The predicted molar refractivity (Wildman–Crippen MR) is 79.6 cm³/mol. The molecule has 1 aliphatic heterocycles. The van der Waals surface area contributed by atoms with E-state index in [0.717, 1.165) is 6.42 Å². The number of rotatable bonds is 6. The van der Waals surface area contributed by atoms with Gasteiger partial charge in [-0.1, -0.05) is 6.07 Å². The lowest BCUT2D eigenvalue weighted by Gasteiger charge is -2.19. The van der Waals surface area contributed by atoms with E-state index in [1.165, 1.54) is 4.88 Å². The molecule has 6 nitrogen and oxygen atoms in total. The molecule has 0 aromatic carbocycles. The fourth-order valence-electron chi connectivity index (χ4n) is 2.21. The van der Waals surface area contributed by atoms with Crippen molar-refractivity contribution in [3.8, 4) is 0 Å². The number of hydrogen-bond donors (Lipinski definition) is 2. The molecule has 1 aliphatic rings. The van der Waals surface area contributed by atoms with Gasteiger partial charge in [-0.05, 0) is 30.7 Å². The van der Waals surface area contributed by atoms with Gasteiger partial charge in [-0.3, -0.25) is 0 Å². The molecule has 2 atom stereocenters. The van der Waals surface area contributed by atoms with E-state index in [-0.39, 0.29) is 12.1 Å². The van der Waals surface area contributed by atoms with Gasteiger partial charge >= 0.3 is 12.0 Å². The van der Waals surface area contributed by atoms with E-state index in [4.69, 9.17) is 9.84 Å². The summed E-state index contributed by atoms with van der Waals surface area (Å²) in [6, 6.07) is 3.89. The minimum absolute atomic E-state index is 0.158. The Morgan fingerprint density at radius 2 is 2.33 bits per heavy atom. The van der Waals surface area contributed by atoms with Crippen LogP contribution in [0.3, 0.4) is 0 Å². The van der Waals surface area contributed by atoms with Crippen LogP contribution >= 0.6 is 11.3 Å². The van der Waals surface area contributed by atoms with Crippen LogP contribution in [0.5, 0.6) is 0 Å². The third kappa shape index (κ3) is 4.71. The third-order valence-electron chi connectivity index (χ3n) is 3.48. The Balaban J connectivity index is 1.66. The minimum atomic E-state index is -0.933. The SMILES string of the molecule is CN(CCc1cccs1)C(=O)NCC1CCC(C(=O)O)O1. The van der Waals surface area contributed by atoms with E-state index >= 15 is 0 Å². The molecular weight excluding hydrogens is 292 g/mol. The largest absolute Gasteiger partial charge is 0.479 e. The zero-order valence-electron chi connectivity index (χ0n) is 11.9. The van der Waals surface area contributed by atoms with Crippen LogP contribution in [0, 0.1) is 0 Å². The second kappa shape index (κ2) is 7.42. The van der Waals surface area contributed by atoms with Crippen molar-refractivity contribution in [2.75, 3.05) is 20.1 Å². The summed E-state index contributed by atoms with van der Waals surface area (Å²) in [5.74, 6) is -0.933. The summed E-state index contributed by atoms with van der Waals surface area (Å²) in [7, 11) is 1.75. The molecule has 1 aromatic rings. The standard InChI is InChI=1S/C14H20N2O4S/c1-16(7-6-11-3-2-8-21-11)14(19)15-9-10-4-5-12(20-10)13(17)18/h2-3,8,10,12H,4-7,9H2,1H3,(H,15,19)(H,17,18). The monoisotopic (exact) mass is 312 g/mol. The lowest BCUT2D eigenvalue weighted by molar-refractivity contribution is -0.149. The van der Waals surface area contributed by atoms with Gasteiger partial charge in [0.05, 0.1) is 6.10 Å². The molecule has 1 saturated heterocycles. The molecule has 0 bridgehead atoms. The minimum Gasteiger partial charge on any atom is -0.479 e. The first kappa shape index (κ1) is 15.8. The van der Waals surface area contributed by atoms with Crippen LogP contribution in [0.1, 0.15) is 17.7 Å². The van der Waals surface area contributed by atoms with E-state index in [1.54, 1.807) is 23.3 Å². The number of aliphatic carboxylic acids is 1. The fourth-order valence-corrected chi connectivity index (χ4v) is 2.91. The number of thiophene rings is 1. The molecule has 2 amide bonds. The first-order chi connectivity index (χ1) is 10.1. The predicted octanol–water partition coefficient (Wildman–Crippen LogP) is 1.56. The first-order valence-corrected chi connectivity index (χ1v) is 7.84. The Morgan fingerprint density at radius 3 is 2.95 bits per heavy atom. The van der Waals surface area contributed by atoms with Gasteiger partial charge in [-0.25, -0.2) is 9.59 Å². The van der Waals surface area contributed by atoms with Gasteiger partial charge in [0.2, 0.25) is 0 Å². The van der Waals surface area contributed by atoms with Crippen molar-refractivity contribution in [3.05, 3.63) is 22.4 Å². The number of ether oxygens (including phenoxy) is 1. The molecule has 0 aliphatic carbocycles. The Bertz CT molecular complexity index is 477. The molecule has 0 saturated carbocycles. The zero-order chi connectivity index (χ0) is 15.2. The van der Waals surface area contributed by atoms with Gasteiger partial charge in [0.25, 0.3) is 0 Å². The van der Waals surface area contributed by atoms with Crippen molar-refractivity contribution in [1.29, 1.82) is 0 Å². The third-order valence-corrected chi connectivity index (χ3v) is 4.42. The summed E-state index contributed by atoms with van der Waals surface area (Å²) in [6.45, 7) is 1.00. The van der Waals surface area contributed by atoms with Crippen molar-refractivity contribution in [3.63, 3.8) is 0 Å². The molecule has 2 heterocycles. The first-order valence-electron chi connectivity index (χ1n) is 6.96. The molecule has 2 unspecified atom stereocenters. The van der Waals surface area contributed by atoms with Crippen molar-refractivity contribution in [2.24, 2.45) is 0 Å². The van der Waals surface area contributed by atoms with Crippen molar-refractivity contribution in [1.82, 2.24) is 10.2 Å². The van der Waals surface area contributed by atoms with Crippen LogP contribution in [0.4, 0.5) is 4.79 Å².